The van der Waals surface area contributed by atoms with Crippen LogP contribution in [0, 0.1) is 0 Å². The molecule has 1 aliphatic carbocycles. The molecule has 0 bridgehead atoms. The van der Waals surface area contributed by atoms with Crippen LogP contribution in [0.5, 0.6) is 0 Å². The van der Waals surface area contributed by atoms with Gasteiger partial charge >= 0.3 is 0 Å². The Balaban J connectivity index is 0.00000144. The summed E-state index contributed by atoms with van der Waals surface area (Å²) in [6, 6.07) is 0.417. The minimum atomic E-state index is 0. The monoisotopic (exact) mass is 262 g/mol. The van der Waals surface area contributed by atoms with Crippen molar-refractivity contribution in [2.75, 3.05) is 19.7 Å². The zero-order valence-corrected chi connectivity index (χ0v) is 11.1. The third kappa shape index (κ3) is 3.83. The second-order valence-electron chi connectivity index (χ2n) is 4.82. The predicted octanol–water partition coefficient (Wildman–Crippen LogP) is 1.32. The van der Waals surface area contributed by atoms with Gasteiger partial charge in [-0.2, -0.15) is 0 Å². The normalized spacial score (nSPS) is 24.6. The number of rotatable bonds is 4. The summed E-state index contributed by atoms with van der Waals surface area (Å²) < 4.78 is 5.60. The molecular weight excluding hydrogens is 240 g/mol. The van der Waals surface area contributed by atoms with Crippen LogP contribution in [0.3, 0.4) is 0 Å². The molecule has 0 radical (unpaired) electrons. The van der Waals surface area contributed by atoms with Crippen LogP contribution in [0.15, 0.2) is 0 Å². The van der Waals surface area contributed by atoms with E-state index in [0.717, 1.165) is 38.8 Å². The summed E-state index contributed by atoms with van der Waals surface area (Å²) in [4.78, 5) is 13.8. The van der Waals surface area contributed by atoms with E-state index in [1.165, 1.54) is 12.8 Å². The van der Waals surface area contributed by atoms with Gasteiger partial charge in [-0.3, -0.25) is 4.79 Å². The number of halogens is 1. The smallest absolute Gasteiger partial charge is 0.236 e. The second-order valence-corrected chi connectivity index (χ2v) is 4.82. The average Bonchev–Trinajstić information content (AvgIpc) is 2.97. The van der Waals surface area contributed by atoms with Gasteiger partial charge < -0.3 is 15.4 Å². The third-order valence-corrected chi connectivity index (χ3v) is 3.68. The van der Waals surface area contributed by atoms with Gasteiger partial charge in [0, 0.05) is 19.2 Å². The number of carbonyl (C=O) groups is 1. The van der Waals surface area contributed by atoms with Crippen molar-refractivity contribution in [3.05, 3.63) is 0 Å². The molecule has 1 amide bonds. The second kappa shape index (κ2) is 7.19. The highest BCUT2D eigenvalue weighted by atomic mass is 35.5. The number of hydrogen-bond acceptors (Lipinski definition) is 3. The Morgan fingerprint density at radius 3 is 2.47 bits per heavy atom. The summed E-state index contributed by atoms with van der Waals surface area (Å²) in [6.45, 7) is 1.73. The zero-order chi connectivity index (χ0) is 11.4. The molecule has 2 fully saturated rings. The number of nitrogens with two attached hydrogens (primary N) is 1. The molecule has 4 nitrogen and oxygen atoms in total. The van der Waals surface area contributed by atoms with Crippen molar-refractivity contribution in [1.82, 2.24) is 4.90 Å². The Bertz CT molecular complexity index is 239. The summed E-state index contributed by atoms with van der Waals surface area (Å²) in [5.41, 5.74) is 5.48. The summed E-state index contributed by atoms with van der Waals surface area (Å²) >= 11 is 0. The van der Waals surface area contributed by atoms with Crippen LogP contribution in [-0.4, -0.2) is 42.6 Å². The fraction of sp³-hybridized carbons (Fsp3) is 0.917. The van der Waals surface area contributed by atoms with Crippen LogP contribution in [0.4, 0.5) is 0 Å². The maximum atomic E-state index is 11.8. The average molecular weight is 263 g/mol. The molecule has 100 valence electrons. The molecule has 1 saturated heterocycles. The van der Waals surface area contributed by atoms with E-state index in [2.05, 4.69) is 0 Å². The van der Waals surface area contributed by atoms with Crippen LogP contribution in [-0.2, 0) is 9.53 Å². The summed E-state index contributed by atoms with van der Waals surface area (Å²) in [6.07, 6.45) is 7.21. The van der Waals surface area contributed by atoms with Gasteiger partial charge in [-0.15, -0.1) is 12.4 Å². The number of carbonyl (C=O) groups excluding carboxylic acids is 1. The molecule has 0 spiro atoms. The van der Waals surface area contributed by atoms with Crippen molar-refractivity contribution >= 4 is 18.3 Å². The summed E-state index contributed by atoms with van der Waals surface area (Å²) in [7, 11) is 0. The van der Waals surface area contributed by atoms with E-state index in [-0.39, 0.29) is 31.0 Å². The molecule has 1 saturated carbocycles. The third-order valence-electron chi connectivity index (χ3n) is 3.68. The minimum absolute atomic E-state index is 0. The van der Waals surface area contributed by atoms with Gasteiger partial charge in [-0.1, -0.05) is 12.8 Å². The number of hydrogen-bond donors (Lipinski definition) is 1. The highest BCUT2D eigenvalue weighted by molar-refractivity contribution is 5.85. The van der Waals surface area contributed by atoms with Gasteiger partial charge in [0.05, 0.1) is 12.6 Å². The highest BCUT2D eigenvalue weighted by Crippen LogP contribution is 2.25. The van der Waals surface area contributed by atoms with E-state index < -0.39 is 0 Å². The standard InChI is InChI=1S/C12H22N2O2.ClH/c13-8-12(15)14(10-4-1-2-5-10)9-11-6-3-7-16-11;/h10-11H,1-9,13H2;1H. The molecule has 2 aliphatic rings. The molecule has 0 aromatic rings. The van der Waals surface area contributed by atoms with Crippen molar-refractivity contribution in [2.45, 2.75) is 50.7 Å². The van der Waals surface area contributed by atoms with Crippen LogP contribution >= 0.6 is 12.4 Å². The molecule has 1 heterocycles. The van der Waals surface area contributed by atoms with E-state index in [1.807, 2.05) is 4.90 Å². The van der Waals surface area contributed by atoms with Gasteiger partial charge in [0.1, 0.15) is 0 Å². The Labute approximate surface area is 109 Å². The van der Waals surface area contributed by atoms with E-state index in [1.54, 1.807) is 0 Å². The Hall–Kier alpha value is -0.320. The van der Waals surface area contributed by atoms with E-state index in [0.29, 0.717) is 6.04 Å². The molecule has 1 atom stereocenters. The molecule has 2 N–H and O–H groups in total. The van der Waals surface area contributed by atoms with Gasteiger partial charge in [-0.25, -0.2) is 0 Å². The topological polar surface area (TPSA) is 55.6 Å². The van der Waals surface area contributed by atoms with E-state index in [9.17, 15) is 4.79 Å². The molecule has 0 aromatic carbocycles. The number of ether oxygens (including phenoxy) is 1. The first-order chi connectivity index (χ1) is 7.81. The Morgan fingerprint density at radius 1 is 1.24 bits per heavy atom. The Kier molecular flexibility index (Phi) is 6.23. The van der Waals surface area contributed by atoms with Gasteiger partial charge in [0.15, 0.2) is 0 Å². The van der Waals surface area contributed by atoms with Crippen LogP contribution in [0.2, 0.25) is 0 Å². The van der Waals surface area contributed by atoms with Crippen LogP contribution < -0.4 is 5.73 Å². The number of amides is 1. The minimum Gasteiger partial charge on any atom is -0.376 e. The van der Waals surface area contributed by atoms with Gasteiger partial charge in [0.2, 0.25) is 5.91 Å². The lowest BCUT2D eigenvalue weighted by Gasteiger charge is -2.30. The Morgan fingerprint density at radius 2 is 1.94 bits per heavy atom. The molecule has 2 rings (SSSR count). The zero-order valence-electron chi connectivity index (χ0n) is 10.3. The summed E-state index contributed by atoms with van der Waals surface area (Å²) in [5, 5.41) is 0. The maximum Gasteiger partial charge on any atom is 0.236 e. The lowest BCUT2D eigenvalue weighted by atomic mass is 10.1. The van der Waals surface area contributed by atoms with Crippen molar-refractivity contribution < 1.29 is 9.53 Å². The fourth-order valence-corrected chi connectivity index (χ4v) is 2.80. The lowest BCUT2D eigenvalue weighted by Crippen LogP contribution is -2.46. The van der Waals surface area contributed by atoms with Gasteiger partial charge in [0.25, 0.3) is 0 Å². The number of nitrogens with zero attached hydrogens (tertiary/aromatic N) is 1. The molecular formula is C12H23ClN2O2. The van der Waals surface area contributed by atoms with Crippen molar-refractivity contribution in [2.24, 2.45) is 5.73 Å². The first-order valence-corrected chi connectivity index (χ1v) is 6.42. The maximum absolute atomic E-state index is 11.8. The molecule has 17 heavy (non-hydrogen) atoms. The first-order valence-electron chi connectivity index (χ1n) is 6.42. The lowest BCUT2D eigenvalue weighted by molar-refractivity contribution is -0.133. The van der Waals surface area contributed by atoms with Gasteiger partial charge in [-0.05, 0) is 25.7 Å². The van der Waals surface area contributed by atoms with E-state index >= 15 is 0 Å². The van der Waals surface area contributed by atoms with E-state index in [4.69, 9.17) is 10.5 Å². The van der Waals surface area contributed by atoms with Crippen LogP contribution in [0.25, 0.3) is 0 Å². The molecule has 1 unspecified atom stereocenters. The molecule has 5 heteroatoms. The highest BCUT2D eigenvalue weighted by Gasteiger charge is 2.29. The fourth-order valence-electron chi connectivity index (χ4n) is 2.80. The first kappa shape index (κ1) is 14.7. The van der Waals surface area contributed by atoms with Crippen LogP contribution in [0.1, 0.15) is 38.5 Å². The van der Waals surface area contributed by atoms with Crippen molar-refractivity contribution in [3.8, 4) is 0 Å². The summed E-state index contributed by atoms with van der Waals surface area (Å²) in [5.74, 6) is 0.0856. The molecule has 0 aromatic heterocycles. The quantitative estimate of drug-likeness (QED) is 0.831. The van der Waals surface area contributed by atoms with Crippen molar-refractivity contribution in [3.63, 3.8) is 0 Å². The molecule has 1 aliphatic heterocycles. The predicted molar refractivity (Wildman–Crippen MR) is 69.2 cm³/mol. The largest absolute Gasteiger partial charge is 0.376 e. The SMILES string of the molecule is Cl.NCC(=O)N(CC1CCCO1)C1CCCC1. The van der Waals surface area contributed by atoms with Crippen molar-refractivity contribution in [1.29, 1.82) is 0 Å².